The highest BCUT2D eigenvalue weighted by molar-refractivity contribution is 6.30. The van der Waals surface area contributed by atoms with Gasteiger partial charge in [0.2, 0.25) is 0 Å². The molecule has 0 bridgehead atoms. The molecule has 0 saturated carbocycles. The van der Waals surface area contributed by atoms with Crippen molar-refractivity contribution in [3.05, 3.63) is 28.8 Å². The molecule has 0 aliphatic carbocycles. The Morgan fingerprint density at radius 3 is 3.00 bits per heavy atom. The Bertz CT molecular complexity index is 498. The molecule has 1 aromatic rings. The van der Waals surface area contributed by atoms with E-state index in [0.29, 0.717) is 11.6 Å². The van der Waals surface area contributed by atoms with Crippen molar-refractivity contribution in [2.24, 2.45) is 0 Å². The molecule has 1 atom stereocenters. The standard InChI is InChI=1S/C13H15ClN2O2/c1-9-6-10(14)2-3-11(9)16-8-13(18-12(16)17)4-5-15-7-13/h2-3,6,15H,4-5,7-8H2,1H3. The van der Waals surface area contributed by atoms with Gasteiger partial charge in [0, 0.05) is 18.0 Å². The smallest absolute Gasteiger partial charge is 0.415 e. The van der Waals surface area contributed by atoms with Crippen LogP contribution in [0.25, 0.3) is 0 Å². The number of rotatable bonds is 1. The van der Waals surface area contributed by atoms with Crippen LogP contribution in [0.1, 0.15) is 12.0 Å². The highest BCUT2D eigenvalue weighted by Gasteiger charge is 2.47. The van der Waals surface area contributed by atoms with Crippen molar-refractivity contribution in [1.82, 2.24) is 5.32 Å². The molecule has 0 aromatic heterocycles. The van der Waals surface area contributed by atoms with Crippen LogP contribution in [0, 0.1) is 6.92 Å². The van der Waals surface area contributed by atoms with Crippen LogP contribution in [0.5, 0.6) is 0 Å². The highest BCUT2D eigenvalue weighted by Crippen LogP contribution is 2.34. The highest BCUT2D eigenvalue weighted by atomic mass is 35.5. The molecule has 5 heteroatoms. The van der Waals surface area contributed by atoms with E-state index < -0.39 is 0 Å². The molecule has 0 radical (unpaired) electrons. The molecule has 18 heavy (non-hydrogen) atoms. The maximum absolute atomic E-state index is 12.0. The third kappa shape index (κ3) is 1.85. The van der Waals surface area contributed by atoms with Crippen LogP contribution in [0.4, 0.5) is 10.5 Å². The fourth-order valence-corrected chi connectivity index (χ4v) is 2.90. The zero-order valence-corrected chi connectivity index (χ0v) is 11.0. The van der Waals surface area contributed by atoms with Gasteiger partial charge in [0.1, 0.15) is 5.60 Å². The molecule has 1 N–H and O–H groups in total. The molecule has 2 aliphatic heterocycles. The van der Waals surface area contributed by atoms with Gasteiger partial charge in [-0.15, -0.1) is 0 Å². The largest absolute Gasteiger partial charge is 0.439 e. The third-order valence-corrected chi connectivity index (χ3v) is 3.86. The summed E-state index contributed by atoms with van der Waals surface area (Å²) in [7, 11) is 0. The molecule has 2 fully saturated rings. The Labute approximate surface area is 111 Å². The molecule has 1 aromatic carbocycles. The number of anilines is 1. The van der Waals surface area contributed by atoms with Gasteiger partial charge in [-0.1, -0.05) is 11.6 Å². The average molecular weight is 267 g/mol. The summed E-state index contributed by atoms with van der Waals surface area (Å²) in [5.41, 5.74) is 1.53. The minimum Gasteiger partial charge on any atom is -0.439 e. The average Bonchev–Trinajstić information content (AvgIpc) is 2.87. The van der Waals surface area contributed by atoms with E-state index in [9.17, 15) is 4.79 Å². The Balaban J connectivity index is 1.90. The van der Waals surface area contributed by atoms with E-state index in [0.717, 1.165) is 30.8 Å². The van der Waals surface area contributed by atoms with Crippen molar-refractivity contribution in [1.29, 1.82) is 0 Å². The second-order valence-corrected chi connectivity index (χ2v) is 5.43. The van der Waals surface area contributed by atoms with Crippen LogP contribution >= 0.6 is 11.6 Å². The number of ether oxygens (including phenoxy) is 1. The molecular formula is C13H15ClN2O2. The van der Waals surface area contributed by atoms with Gasteiger partial charge in [0.25, 0.3) is 0 Å². The monoisotopic (exact) mass is 266 g/mol. The van der Waals surface area contributed by atoms with Crippen LogP contribution in [-0.2, 0) is 4.74 Å². The van der Waals surface area contributed by atoms with E-state index in [1.54, 1.807) is 11.0 Å². The maximum Gasteiger partial charge on any atom is 0.415 e. The van der Waals surface area contributed by atoms with Crippen molar-refractivity contribution in [3.8, 4) is 0 Å². The molecule has 1 amide bonds. The van der Waals surface area contributed by atoms with Crippen LogP contribution in [0.15, 0.2) is 18.2 Å². The predicted molar refractivity (Wildman–Crippen MR) is 70.2 cm³/mol. The molecule has 1 spiro atoms. The topological polar surface area (TPSA) is 41.6 Å². The first-order chi connectivity index (χ1) is 8.60. The number of carbonyl (C=O) groups is 1. The maximum atomic E-state index is 12.0. The summed E-state index contributed by atoms with van der Waals surface area (Å²) < 4.78 is 5.55. The number of hydrogen-bond acceptors (Lipinski definition) is 3. The van der Waals surface area contributed by atoms with Crippen molar-refractivity contribution < 1.29 is 9.53 Å². The quantitative estimate of drug-likeness (QED) is 0.848. The first kappa shape index (κ1) is 11.8. The van der Waals surface area contributed by atoms with Crippen molar-refractivity contribution in [2.45, 2.75) is 18.9 Å². The lowest BCUT2D eigenvalue weighted by molar-refractivity contribution is 0.0733. The molecule has 1 unspecified atom stereocenters. The third-order valence-electron chi connectivity index (χ3n) is 3.62. The SMILES string of the molecule is Cc1cc(Cl)ccc1N1CC2(CCNC2)OC1=O. The molecule has 2 heterocycles. The number of hydrogen-bond donors (Lipinski definition) is 1. The van der Waals surface area contributed by atoms with Gasteiger partial charge >= 0.3 is 6.09 Å². The zero-order valence-electron chi connectivity index (χ0n) is 10.2. The summed E-state index contributed by atoms with van der Waals surface area (Å²) in [5.74, 6) is 0. The van der Waals surface area contributed by atoms with E-state index in [1.807, 2.05) is 19.1 Å². The predicted octanol–water partition coefficient (Wildman–Crippen LogP) is 2.34. The molecule has 3 rings (SSSR count). The molecule has 96 valence electrons. The summed E-state index contributed by atoms with van der Waals surface area (Å²) in [6.07, 6.45) is 0.617. The normalized spacial score (nSPS) is 27.0. The number of nitrogens with zero attached hydrogens (tertiary/aromatic N) is 1. The fourth-order valence-electron chi connectivity index (χ4n) is 2.67. The van der Waals surface area contributed by atoms with Crippen LogP contribution in [0.2, 0.25) is 5.02 Å². The van der Waals surface area contributed by atoms with E-state index in [1.165, 1.54) is 0 Å². The van der Waals surface area contributed by atoms with Crippen molar-refractivity contribution in [2.75, 3.05) is 24.5 Å². The van der Waals surface area contributed by atoms with E-state index in [-0.39, 0.29) is 11.7 Å². The number of halogens is 1. The number of amides is 1. The number of aryl methyl sites for hydroxylation is 1. The Kier molecular flexibility index (Phi) is 2.72. The zero-order chi connectivity index (χ0) is 12.8. The summed E-state index contributed by atoms with van der Waals surface area (Å²) in [6, 6.07) is 5.54. The van der Waals surface area contributed by atoms with Crippen molar-refractivity contribution >= 4 is 23.4 Å². The molecule has 2 saturated heterocycles. The number of benzene rings is 1. The van der Waals surface area contributed by atoms with Gasteiger partial charge in [-0.2, -0.15) is 0 Å². The lowest BCUT2D eigenvalue weighted by Gasteiger charge is -2.20. The summed E-state index contributed by atoms with van der Waals surface area (Å²) in [4.78, 5) is 13.7. The molecule has 2 aliphatic rings. The second kappa shape index (κ2) is 4.14. The fraction of sp³-hybridized carbons (Fsp3) is 0.462. The van der Waals surface area contributed by atoms with Gasteiger partial charge in [-0.25, -0.2) is 4.79 Å². The Hall–Kier alpha value is -1.26. The minimum absolute atomic E-state index is 0.260. The van der Waals surface area contributed by atoms with E-state index in [4.69, 9.17) is 16.3 Å². The minimum atomic E-state index is -0.344. The first-order valence-electron chi connectivity index (χ1n) is 6.07. The van der Waals surface area contributed by atoms with Gasteiger partial charge in [-0.05, 0) is 37.2 Å². The summed E-state index contributed by atoms with van der Waals surface area (Å²) >= 11 is 5.94. The Morgan fingerprint density at radius 1 is 1.50 bits per heavy atom. The number of nitrogens with one attached hydrogen (secondary N) is 1. The summed E-state index contributed by atoms with van der Waals surface area (Å²) in [5, 5.41) is 3.93. The van der Waals surface area contributed by atoms with E-state index >= 15 is 0 Å². The van der Waals surface area contributed by atoms with Crippen molar-refractivity contribution in [3.63, 3.8) is 0 Å². The van der Waals surface area contributed by atoms with Gasteiger partial charge in [0.15, 0.2) is 0 Å². The lowest BCUT2D eigenvalue weighted by Crippen LogP contribution is -2.36. The first-order valence-corrected chi connectivity index (χ1v) is 6.45. The lowest BCUT2D eigenvalue weighted by atomic mass is 10.0. The molecular weight excluding hydrogens is 252 g/mol. The van der Waals surface area contributed by atoms with Crippen LogP contribution in [-0.4, -0.2) is 31.3 Å². The van der Waals surface area contributed by atoms with E-state index in [2.05, 4.69) is 5.32 Å². The summed E-state index contributed by atoms with van der Waals surface area (Å²) in [6.45, 7) is 4.20. The molecule has 4 nitrogen and oxygen atoms in total. The van der Waals surface area contributed by atoms with Gasteiger partial charge < -0.3 is 10.1 Å². The Morgan fingerprint density at radius 2 is 2.33 bits per heavy atom. The van der Waals surface area contributed by atoms with Crippen LogP contribution < -0.4 is 10.2 Å². The van der Waals surface area contributed by atoms with Gasteiger partial charge in [0.05, 0.1) is 12.2 Å². The second-order valence-electron chi connectivity index (χ2n) is 4.99. The van der Waals surface area contributed by atoms with Crippen LogP contribution in [0.3, 0.4) is 0 Å². The van der Waals surface area contributed by atoms with Gasteiger partial charge in [-0.3, -0.25) is 4.90 Å². The number of carbonyl (C=O) groups excluding carboxylic acids is 1.